The molecule has 0 bridgehead atoms. The molecule has 0 unspecified atom stereocenters. The number of aromatic nitrogens is 1. The molecule has 0 aliphatic heterocycles. The fourth-order valence-corrected chi connectivity index (χ4v) is 4.14. The van der Waals surface area contributed by atoms with Gasteiger partial charge in [0.15, 0.2) is 4.80 Å². The summed E-state index contributed by atoms with van der Waals surface area (Å²) in [6.07, 6.45) is 4.98. The molecule has 1 heterocycles. The van der Waals surface area contributed by atoms with E-state index in [4.69, 9.17) is 9.73 Å². The molecule has 0 saturated heterocycles. The van der Waals surface area contributed by atoms with E-state index in [1.54, 1.807) is 11.3 Å². The molecule has 148 valence electrons. The quantitative estimate of drug-likeness (QED) is 0.369. The van der Waals surface area contributed by atoms with Crippen molar-refractivity contribution < 1.29 is 4.74 Å². The Morgan fingerprint density at radius 2 is 1.68 bits per heavy atom. The van der Waals surface area contributed by atoms with Gasteiger partial charge in [-0.3, -0.25) is 0 Å². The van der Waals surface area contributed by atoms with Crippen LogP contribution in [0.1, 0.15) is 45.1 Å². The monoisotopic (exact) mass is 394 g/mol. The van der Waals surface area contributed by atoms with Crippen LogP contribution in [0.15, 0.2) is 58.9 Å². The lowest BCUT2D eigenvalue weighted by Gasteiger charge is -2.10. The molecule has 0 saturated carbocycles. The van der Waals surface area contributed by atoms with Crippen LogP contribution in [-0.2, 0) is 6.54 Å². The second-order valence-corrected chi connectivity index (χ2v) is 7.86. The van der Waals surface area contributed by atoms with Crippen molar-refractivity contribution in [2.24, 2.45) is 4.99 Å². The first-order valence-corrected chi connectivity index (χ1v) is 11.1. The van der Waals surface area contributed by atoms with Crippen molar-refractivity contribution >= 4 is 17.0 Å². The summed E-state index contributed by atoms with van der Waals surface area (Å²) in [4.78, 5) is 5.98. The van der Waals surface area contributed by atoms with E-state index in [1.807, 2.05) is 31.2 Å². The van der Waals surface area contributed by atoms with E-state index in [-0.39, 0.29) is 0 Å². The smallest absolute Gasteiger partial charge is 0.190 e. The minimum atomic E-state index is 0.680. The van der Waals surface area contributed by atoms with Crippen molar-refractivity contribution in [3.63, 3.8) is 0 Å². The first kappa shape index (κ1) is 20.4. The molecule has 28 heavy (non-hydrogen) atoms. The van der Waals surface area contributed by atoms with Gasteiger partial charge in [0.1, 0.15) is 5.75 Å². The third-order valence-electron chi connectivity index (χ3n) is 4.75. The van der Waals surface area contributed by atoms with Crippen molar-refractivity contribution in [3.05, 3.63) is 64.3 Å². The molecule has 0 atom stereocenters. The second kappa shape index (κ2) is 10.3. The van der Waals surface area contributed by atoms with Gasteiger partial charge < -0.3 is 9.30 Å². The van der Waals surface area contributed by atoms with E-state index >= 15 is 0 Å². The normalized spacial score (nSPS) is 11.8. The lowest BCUT2D eigenvalue weighted by molar-refractivity contribution is 0.340. The highest BCUT2D eigenvalue weighted by atomic mass is 32.1. The first-order chi connectivity index (χ1) is 13.7. The molecule has 3 rings (SSSR count). The zero-order chi connectivity index (χ0) is 19.8. The standard InChI is InChI=1S/C24H30N2OS/c1-4-6-7-8-17-26-23(20-11-9-19(3)10-12-20)18-28-24(26)25-21-13-15-22(16-14-21)27-5-2/h9-16,18H,4-8,17H2,1-3H3. The summed E-state index contributed by atoms with van der Waals surface area (Å²) in [5, 5.41) is 2.23. The summed E-state index contributed by atoms with van der Waals surface area (Å²) in [7, 11) is 0. The van der Waals surface area contributed by atoms with Gasteiger partial charge in [-0.15, -0.1) is 11.3 Å². The molecule has 0 spiro atoms. The van der Waals surface area contributed by atoms with Crippen molar-refractivity contribution in [1.29, 1.82) is 0 Å². The predicted octanol–water partition coefficient (Wildman–Crippen LogP) is 6.74. The molecule has 0 fully saturated rings. The number of ether oxygens (including phenoxy) is 1. The van der Waals surface area contributed by atoms with E-state index in [9.17, 15) is 0 Å². The minimum absolute atomic E-state index is 0.680. The molecule has 0 aliphatic rings. The average Bonchev–Trinajstić information content (AvgIpc) is 3.10. The van der Waals surface area contributed by atoms with Gasteiger partial charge >= 0.3 is 0 Å². The predicted molar refractivity (Wildman–Crippen MR) is 119 cm³/mol. The SMILES string of the molecule is CCCCCCn1c(-c2ccc(C)cc2)csc1=Nc1ccc(OCC)cc1. The lowest BCUT2D eigenvalue weighted by atomic mass is 10.1. The summed E-state index contributed by atoms with van der Waals surface area (Å²) < 4.78 is 7.91. The van der Waals surface area contributed by atoms with Crippen LogP contribution in [0.2, 0.25) is 0 Å². The second-order valence-electron chi connectivity index (χ2n) is 7.02. The highest BCUT2D eigenvalue weighted by Crippen LogP contribution is 2.23. The molecular weight excluding hydrogens is 364 g/mol. The molecule has 0 amide bonds. The summed E-state index contributed by atoms with van der Waals surface area (Å²) in [6, 6.07) is 16.8. The van der Waals surface area contributed by atoms with Crippen LogP contribution < -0.4 is 9.54 Å². The van der Waals surface area contributed by atoms with Gasteiger partial charge in [-0.25, -0.2) is 4.99 Å². The number of benzene rings is 2. The Bertz CT molecular complexity index is 920. The van der Waals surface area contributed by atoms with E-state index < -0.39 is 0 Å². The summed E-state index contributed by atoms with van der Waals surface area (Å²) in [5.74, 6) is 0.889. The van der Waals surface area contributed by atoms with E-state index in [1.165, 1.54) is 42.5 Å². The van der Waals surface area contributed by atoms with Crippen LogP contribution >= 0.6 is 11.3 Å². The third kappa shape index (κ3) is 5.35. The van der Waals surface area contributed by atoms with E-state index in [0.29, 0.717) is 6.61 Å². The van der Waals surface area contributed by atoms with Crippen molar-refractivity contribution in [1.82, 2.24) is 4.57 Å². The Morgan fingerprint density at radius 3 is 2.36 bits per heavy atom. The molecule has 0 N–H and O–H groups in total. The van der Waals surface area contributed by atoms with Crippen LogP contribution in [0.25, 0.3) is 11.3 Å². The maximum atomic E-state index is 5.54. The number of aryl methyl sites for hydroxylation is 1. The summed E-state index contributed by atoms with van der Waals surface area (Å²) in [5.41, 5.74) is 4.76. The Balaban J connectivity index is 1.93. The van der Waals surface area contributed by atoms with Crippen molar-refractivity contribution in [3.8, 4) is 17.0 Å². The van der Waals surface area contributed by atoms with Gasteiger partial charge in [0.2, 0.25) is 0 Å². The number of rotatable bonds is 9. The molecule has 2 aromatic carbocycles. The Kier molecular flexibility index (Phi) is 7.49. The minimum Gasteiger partial charge on any atom is -0.494 e. The van der Waals surface area contributed by atoms with Gasteiger partial charge in [-0.2, -0.15) is 0 Å². The number of unbranched alkanes of at least 4 members (excludes halogenated alkanes) is 3. The van der Waals surface area contributed by atoms with Crippen molar-refractivity contribution in [2.75, 3.05) is 6.61 Å². The Hall–Kier alpha value is -2.33. The molecule has 1 aromatic heterocycles. The molecule has 3 nitrogen and oxygen atoms in total. The van der Waals surface area contributed by atoms with Gasteiger partial charge in [-0.05, 0) is 50.1 Å². The highest BCUT2D eigenvalue weighted by Gasteiger charge is 2.08. The topological polar surface area (TPSA) is 26.5 Å². The number of nitrogens with zero attached hydrogens (tertiary/aromatic N) is 2. The van der Waals surface area contributed by atoms with Gasteiger partial charge in [0.05, 0.1) is 18.0 Å². The first-order valence-electron chi connectivity index (χ1n) is 10.2. The van der Waals surface area contributed by atoms with Crippen LogP contribution in [0.3, 0.4) is 0 Å². The summed E-state index contributed by atoms with van der Waals surface area (Å²) in [6.45, 7) is 8.06. The van der Waals surface area contributed by atoms with E-state index in [2.05, 4.69) is 48.1 Å². The van der Waals surface area contributed by atoms with Crippen molar-refractivity contribution in [2.45, 2.75) is 53.0 Å². The van der Waals surface area contributed by atoms with Gasteiger partial charge in [-0.1, -0.05) is 56.0 Å². The zero-order valence-corrected chi connectivity index (χ0v) is 18.0. The van der Waals surface area contributed by atoms with Crippen LogP contribution in [0, 0.1) is 6.92 Å². The fraction of sp³-hybridized carbons (Fsp3) is 0.375. The van der Waals surface area contributed by atoms with E-state index in [0.717, 1.165) is 22.8 Å². The zero-order valence-electron chi connectivity index (χ0n) is 17.1. The van der Waals surface area contributed by atoms with Crippen LogP contribution in [-0.4, -0.2) is 11.2 Å². The number of thiazole rings is 1. The molecule has 0 radical (unpaired) electrons. The lowest BCUT2D eigenvalue weighted by Crippen LogP contribution is -2.16. The van der Waals surface area contributed by atoms with Crippen LogP contribution in [0.4, 0.5) is 5.69 Å². The number of hydrogen-bond acceptors (Lipinski definition) is 3. The van der Waals surface area contributed by atoms with Crippen LogP contribution in [0.5, 0.6) is 5.75 Å². The molecule has 4 heteroatoms. The maximum Gasteiger partial charge on any atom is 0.190 e. The average molecular weight is 395 g/mol. The Morgan fingerprint density at radius 1 is 0.929 bits per heavy atom. The fourth-order valence-electron chi connectivity index (χ4n) is 3.18. The third-order valence-corrected chi connectivity index (χ3v) is 5.62. The largest absolute Gasteiger partial charge is 0.494 e. The molecule has 0 aliphatic carbocycles. The Labute approximate surface area is 172 Å². The maximum absolute atomic E-state index is 5.54. The highest BCUT2D eigenvalue weighted by molar-refractivity contribution is 7.07. The summed E-state index contributed by atoms with van der Waals surface area (Å²) >= 11 is 1.71. The number of hydrogen-bond donors (Lipinski definition) is 0. The van der Waals surface area contributed by atoms with Gasteiger partial charge in [0.25, 0.3) is 0 Å². The molecular formula is C24H30N2OS. The molecule has 3 aromatic rings. The van der Waals surface area contributed by atoms with Gasteiger partial charge in [0, 0.05) is 11.9 Å².